The molecular weight excluding hydrogens is 492 g/mol. The number of sulfonamides is 1. The van der Waals surface area contributed by atoms with E-state index < -0.39 is 22.5 Å². The molecule has 3 aromatic carbocycles. The summed E-state index contributed by atoms with van der Waals surface area (Å²) in [7, 11) is 1.89. The van der Waals surface area contributed by atoms with Gasteiger partial charge in [0.1, 0.15) is 12.3 Å². The molecule has 0 fully saturated rings. The van der Waals surface area contributed by atoms with Gasteiger partial charge >= 0.3 is 0 Å². The van der Waals surface area contributed by atoms with Gasteiger partial charge in [0.15, 0.2) is 11.5 Å². The highest BCUT2D eigenvalue weighted by Gasteiger charge is 2.29. The SMILES string of the molecule is COc1ccccc1CN(C)C(=O)CN(c1ccc(Cl)cc1)S(=O)(=O)c1ccc(OC)c(OC)c1. The topological polar surface area (TPSA) is 85.4 Å². The number of methoxy groups -OCH3 is 3. The second kappa shape index (κ2) is 11.3. The molecule has 3 aromatic rings. The minimum atomic E-state index is -4.16. The molecule has 0 aromatic heterocycles. The van der Waals surface area contributed by atoms with Crippen molar-refractivity contribution in [2.45, 2.75) is 11.4 Å². The van der Waals surface area contributed by atoms with E-state index in [2.05, 4.69) is 0 Å². The van der Waals surface area contributed by atoms with Crippen LogP contribution in [0.3, 0.4) is 0 Å². The maximum Gasteiger partial charge on any atom is 0.264 e. The number of rotatable bonds is 10. The molecule has 0 aliphatic heterocycles. The molecule has 0 aliphatic carbocycles. The van der Waals surface area contributed by atoms with Gasteiger partial charge in [0.25, 0.3) is 10.0 Å². The molecule has 10 heteroatoms. The molecular formula is C25H27ClN2O6S. The van der Waals surface area contributed by atoms with Gasteiger partial charge in [0, 0.05) is 30.2 Å². The van der Waals surface area contributed by atoms with Gasteiger partial charge in [0.2, 0.25) is 5.91 Å². The largest absolute Gasteiger partial charge is 0.496 e. The fourth-order valence-electron chi connectivity index (χ4n) is 3.45. The van der Waals surface area contributed by atoms with Gasteiger partial charge in [-0.15, -0.1) is 0 Å². The Labute approximate surface area is 210 Å². The molecule has 0 saturated carbocycles. The molecule has 1 amide bonds. The third kappa shape index (κ3) is 5.98. The average Bonchev–Trinajstić information content (AvgIpc) is 2.87. The van der Waals surface area contributed by atoms with Crippen LogP contribution in [-0.2, 0) is 21.4 Å². The van der Waals surface area contributed by atoms with Crippen LogP contribution in [-0.4, -0.2) is 54.1 Å². The zero-order valence-electron chi connectivity index (χ0n) is 19.9. The van der Waals surface area contributed by atoms with Crippen molar-refractivity contribution in [3.05, 3.63) is 77.3 Å². The fraction of sp³-hybridized carbons (Fsp3) is 0.240. The van der Waals surface area contributed by atoms with Crippen molar-refractivity contribution in [3.8, 4) is 17.2 Å². The minimum Gasteiger partial charge on any atom is -0.496 e. The van der Waals surface area contributed by atoms with E-state index in [4.69, 9.17) is 25.8 Å². The molecule has 35 heavy (non-hydrogen) atoms. The van der Waals surface area contributed by atoms with E-state index in [1.807, 2.05) is 18.2 Å². The molecule has 0 bridgehead atoms. The van der Waals surface area contributed by atoms with E-state index in [0.29, 0.717) is 22.2 Å². The molecule has 0 spiro atoms. The number of carbonyl (C=O) groups excluding carboxylic acids is 1. The van der Waals surface area contributed by atoms with E-state index in [0.717, 1.165) is 9.87 Å². The first-order chi connectivity index (χ1) is 16.7. The third-order valence-electron chi connectivity index (χ3n) is 5.36. The lowest BCUT2D eigenvalue weighted by Crippen LogP contribution is -2.41. The monoisotopic (exact) mass is 518 g/mol. The summed E-state index contributed by atoms with van der Waals surface area (Å²) >= 11 is 6.01. The third-order valence-corrected chi connectivity index (χ3v) is 7.38. The maximum atomic E-state index is 13.7. The Kier molecular flexibility index (Phi) is 8.48. The summed E-state index contributed by atoms with van der Waals surface area (Å²) in [4.78, 5) is 14.6. The second-order valence-corrected chi connectivity index (χ2v) is 9.87. The number of amides is 1. The molecule has 0 unspecified atom stereocenters. The zero-order chi connectivity index (χ0) is 25.6. The normalized spacial score (nSPS) is 11.0. The molecule has 0 saturated heterocycles. The predicted molar refractivity (Wildman–Crippen MR) is 135 cm³/mol. The Morgan fingerprint density at radius 2 is 1.49 bits per heavy atom. The van der Waals surface area contributed by atoms with Gasteiger partial charge in [-0.05, 0) is 42.5 Å². The van der Waals surface area contributed by atoms with Crippen molar-refractivity contribution in [2.75, 3.05) is 39.2 Å². The Morgan fingerprint density at radius 1 is 0.857 bits per heavy atom. The van der Waals surface area contributed by atoms with Gasteiger partial charge < -0.3 is 19.1 Å². The highest BCUT2D eigenvalue weighted by molar-refractivity contribution is 7.92. The van der Waals surface area contributed by atoms with Crippen LogP contribution < -0.4 is 18.5 Å². The van der Waals surface area contributed by atoms with Gasteiger partial charge in [0.05, 0.1) is 31.9 Å². The number of carbonyl (C=O) groups is 1. The van der Waals surface area contributed by atoms with Gasteiger partial charge in [-0.25, -0.2) is 8.42 Å². The Morgan fingerprint density at radius 3 is 2.11 bits per heavy atom. The van der Waals surface area contributed by atoms with Crippen molar-refractivity contribution in [1.29, 1.82) is 0 Å². The first kappa shape index (κ1) is 26.2. The summed E-state index contributed by atoms with van der Waals surface area (Å²) in [6.07, 6.45) is 0. The smallest absolute Gasteiger partial charge is 0.264 e. The molecule has 0 aliphatic rings. The molecule has 0 atom stereocenters. The predicted octanol–water partition coefficient (Wildman–Crippen LogP) is 4.22. The molecule has 8 nitrogen and oxygen atoms in total. The number of hydrogen-bond acceptors (Lipinski definition) is 6. The van der Waals surface area contributed by atoms with Crippen LogP contribution in [0.2, 0.25) is 5.02 Å². The zero-order valence-corrected chi connectivity index (χ0v) is 21.5. The lowest BCUT2D eigenvalue weighted by molar-refractivity contribution is -0.128. The van der Waals surface area contributed by atoms with Crippen molar-refractivity contribution >= 4 is 33.2 Å². The Balaban J connectivity index is 1.96. The number of hydrogen-bond donors (Lipinski definition) is 0. The van der Waals surface area contributed by atoms with Crippen LogP contribution in [0.4, 0.5) is 5.69 Å². The summed E-state index contributed by atoms with van der Waals surface area (Å²) < 4.78 is 44.3. The maximum absolute atomic E-state index is 13.7. The van der Waals surface area contributed by atoms with Crippen LogP contribution in [0.25, 0.3) is 0 Å². The first-order valence-electron chi connectivity index (χ1n) is 10.6. The van der Waals surface area contributed by atoms with Crippen LogP contribution in [0.15, 0.2) is 71.6 Å². The highest BCUT2D eigenvalue weighted by atomic mass is 35.5. The number of halogens is 1. The van der Waals surface area contributed by atoms with E-state index in [-0.39, 0.29) is 17.2 Å². The van der Waals surface area contributed by atoms with Crippen LogP contribution >= 0.6 is 11.6 Å². The molecule has 0 radical (unpaired) electrons. The van der Waals surface area contributed by atoms with E-state index in [9.17, 15) is 13.2 Å². The number of likely N-dealkylation sites (N-methyl/N-ethyl adjacent to an activating group) is 1. The summed E-state index contributed by atoms with van der Waals surface area (Å²) in [5, 5.41) is 0.442. The molecule has 186 valence electrons. The second-order valence-electron chi connectivity index (χ2n) is 7.57. The molecule has 0 N–H and O–H groups in total. The standard InChI is InChI=1S/C25H27ClN2O6S/c1-27(16-18-7-5-6-8-22(18)32-2)25(29)17-28(20-11-9-19(26)10-12-20)35(30,31)21-13-14-23(33-3)24(15-21)34-4/h5-15H,16-17H2,1-4H3. The summed E-state index contributed by atoms with van der Waals surface area (Å²) in [5.41, 5.74) is 1.09. The summed E-state index contributed by atoms with van der Waals surface area (Å²) in [6.45, 7) is -0.183. The summed E-state index contributed by atoms with van der Waals surface area (Å²) in [5.74, 6) is 0.871. The Bertz CT molecular complexity index is 1280. The number of ether oxygens (including phenoxy) is 3. The number of anilines is 1. The van der Waals surface area contributed by atoms with Crippen molar-refractivity contribution in [2.24, 2.45) is 0 Å². The van der Waals surface area contributed by atoms with Crippen molar-refractivity contribution in [3.63, 3.8) is 0 Å². The first-order valence-corrected chi connectivity index (χ1v) is 12.4. The average molecular weight is 519 g/mol. The van der Waals surface area contributed by atoms with Gasteiger partial charge in [-0.3, -0.25) is 9.10 Å². The van der Waals surface area contributed by atoms with Crippen LogP contribution in [0, 0.1) is 0 Å². The lowest BCUT2D eigenvalue weighted by atomic mass is 10.2. The van der Waals surface area contributed by atoms with Gasteiger partial charge in [-0.2, -0.15) is 0 Å². The lowest BCUT2D eigenvalue weighted by Gasteiger charge is -2.27. The number of benzene rings is 3. The van der Waals surface area contributed by atoms with Gasteiger partial charge in [-0.1, -0.05) is 29.8 Å². The van der Waals surface area contributed by atoms with Crippen LogP contribution in [0.5, 0.6) is 17.2 Å². The van der Waals surface area contributed by atoms with Crippen molar-refractivity contribution < 1.29 is 27.4 Å². The summed E-state index contributed by atoms with van der Waals surface area (Å²) in [6, 6.07) is 17.8. The van der Waals surface area contributed by atoms with E-state index in [1.54, 1.807) is 44.5 Å². The number of nitrogens with zero attached hydrogens (tertiary/aromatic N) is 2. The minimum absolute atomic E-state index is 0.0507. The van der Waals surface area contributed by atoms with Crippen LogP contribution in [0.1, 0.15) is 5.56 Å². The molecule has 3 rings (SSSR count). The van der Waals surface area contributed by atoms with E-state index >= 15 is 0 Å². The van der Waals surface area contributed by atoms with Crippen molar-refractivity contribution in [1.82, 2.24) is 4.90 Å². The highest BCUT2D eigenvalue weighted by Crippen LogP contribution is 2.32. The van der Waals surface area contributed by atoms with E-state index in [1.165, 1.54) is 37.3 Å². The quantitative estimate of drug-likeness (QED) is 0.399. The number of para-hydroxylation sites is 1. The fourth-order valence-corrected chi connectivity index (χ4v) is 5.00. The molecule has 0 heterocycles. The Hall–Kier alpha value is -3.43.